The van der Waals surface area contributed by atoms with Crippen LogP contribution in [0.15, 0.2) is 37.3 Å². The molecule has 2 rings (SSSR count). The molecule has 0 aliphatic rings. The van der Waals surface area contributed by atoms with Crippen LogP contribution >= 0.6 is 27.7 Å². The highest BCUT2D eigenvalue weighted by Gasteiger charge is 2.18. The monoisotopic (exact) mass is 453 g/mol. The van der Waals surface area contributed by atoms with E-state index in [1.165, 1.54) is 18.2 Å². The van der Waals surface area contributed by atoms with Gasteiger partial charge in [-0.3, -0.25) is 15.5 Å². The van der Waals surface area contributed by atoms with Crippen molar-refractivity contribution < 1.29 is 27.8 Å². The van der Waals surface area contributed by atoms with Gasteiger partial charge in [-0.15, -0.1) is 0 Å². The largest absolute Gasteiger partial charge is 0.350 e. The maximum atomic E-state index is 13.3. The lowest BCUT2D eigenvalue weighted by molar-refractivity contribution is -0.119. The van der Waals surface area contributed by atoms with Crippen LogP contribution < -0.4 is 10.8 Å². The van der Waals surface area contributed by atoms with Gasteiger partial charge in [-0.05, 0) is 44.4 Å². The Morgan fingerprint density at radius 1 is 1.42 bits per heavy atom. The first-order chi connectivity index (χ1) is 12.4. The number of nitrogens with zero attached hydrogens (tertiary/aromatic N) is 3. The number of hydrogen-bond acceptors (Lipinski definition) is 7. The number of hydrogen-bond donors (Lipinski definition) is 3. The molecule has 8 nitrogen and oxygen atoms in total. The average Bonchev–Trinajstić information content (AvgIpc) is 3.07. The van der Waals surface area contributed by atoms with Gasteiger partial charge >= 0.3 is 0 Å². The molecule has 0 atom stereocenters. The van der Waals surface area contributed by atoms with Gasteiger partial charge in [-0.2, -0.15) is 0 Å². The fraction of sp³-hybridized carbons (Fsp3) is 0.231. The number of aromatic nitrogens is 2. The van der Waals surface area contributed by atoms with E-state index >= 15 is 0 Å². The normalized spacial score (nSPS) is 11.7. The number of rotatable bonds is 7. The standard InChI is InChI=1S/C13H11BrF3N5O3S/c14-7-3-6(1-2-8(7)15)19-12(20-24)11-13(22-25-21-11)26-5-10(23)18-4-9(16)17/h1-3,9,24H,4-5H2,(H,18,23)(H,19,20). The highest BCUT2D eigenvalue weighted by atomic mass is 79.9. The van der Waals surface area contributed by atoms with Gasteiger partial charge in [-0.25, -0.2) is 22.8 Å². The zero-order valence-corrected chi connectivity index (χ0v) is 15.2. The van der Waals surface area contributed by atoms with Gasteiger partial charge in [-0.1, -0.05) is 11.8 Å². The SMILES string of the molecule is O=C(CSc1nonc1C(=Nc1ccc(F)c(Br)c1)NO)NCC(F)F. The summed E-state index contributed by atoms with van der Waals surface area (Å²) in [7, 11) is 0. The smallest absolute Gasteiger partial charge is 0.255 e. The number of amides is 1. The molecule has 26 heavy (non-hydrogen) atoms. The van der Waals surface area contributed by atoms with Gasteiger partial charge in [0.2, 0.25) is 5.91 Å². The molecule has 1 aromatic carbocycles. The number of nitrogens with one attached hydrogen (secondary N) is 2. The maximum absolute atomic E-state index is 13.3. The molecule has 2 aromatic rings. The molecule has 0 saturated carbocycles. The molecule has 0 saturated heterocycles. The van der Waals surface area contributed by atoms with E-state index in [1.54, 1.807) is 0 Å². The first-order valence-corrected chi connectivity index (χ1v) is 8.63. The van der Waals surface area contributed by atoms with Crippen LogP contribution in [-0.4, -0.2) is 46.0 Å². The number of alkyl halides is 2. The van der Waals surface area contributed by atoms with E-state index in [0.29, 0.717) is 0 Å². The minimum Gasteiger partial charge on any atom is -0.350 e. The second-order valence-corrected chi connectivity index (χ2v) is 6.39. The van der Waals surface area contributed by atoms with Crippen molar-refractivity contribution in [1.82, 2.24) is 21.1 Å². The number of benzene rings is 1. The molecule has 1 amide bonds. The van der Waals surface area contributed by atoms with Gasteiger partial charge in [0.25, 0.3) is 6.43 Å². The topological polar surface area (TPSA) is 113 Å². The number of carbonyl (C=O) groups excluding carboxylic acids is 1. The Morgan fingerprint density at radius 3 is 2.85 bits per heavy atom. The minimum atomic E-state index is -2.65. The van der Waals surface area contributed by atoms with Gasteiger partial charge in [0, 0.05) is 0 Å². The summed E-state index contributed by atoms with van der Waals surface area (Å²) in [5, 5.41) is 18.6. The Hall–Kier alpha value is -2.12. The third kappa shape index (κ3) is 5.71. The van der Waals surface area contributed by atoms with Crippen LogP contribution in [0.2, 0.25) is 0 Å². The highest BCUT2D eigenvalue weighted by Crippen LogP contribution is 2.24. The van der Waals surface area contributed by atoms with E-state index in [9.17, 15) is 23.2 Å². The fourth-order valence-corrected chi connectivity index (χ4v) is 2.70. The molecule has 0 aliphatic heterocycles. The lowest BCUT2D eigenvalue weighted by Crippen LogP contribution is -2.30. The van der Waals surface area contributed by atoms with Crippen LogP contribution in [0.5, 0.6) is 0 Å². The Balaban J connectivity index is 2.12. The highest BCUT2D eigenvalue weighted by molar-refractivity contribution is 9.10. The Labute approximate surface area is 157 Å². The molecule has 0 unspecified atom stereocenters. The molecular weight excluding hydrogens is 443 g/mol. The van der Waals surface area contributed by atoms with Crippen molar-refractivity contribution in [3.8, 4) is 0 Å². The third-order valence-electron chi connectivity index (χ3n) is 2.73. The lowest BCUT2D eigenvalue weighted by Gasteiger charge is -2.05. The molecule has 0 aliphatic carbocycles. The summed E-state index contributed by atoms with van der Waals surface area (Å²) < 4.78 is 42.1. The van der Waals surface area contributed by atoms with Crippen molar-refractivity contribution >= 4 is 45.1 Å². The summed E-state index contributed by atoms with van der Waals surface area (Å²) in [6.07, 6.45) is -2.65. The average molecular weight is 454 g/mol. The van der Waals surface area contributed by atoms with Crippen LogP contribution in [0.1, 0.15) is 5.69 Å². The van der Waals surface area contributed by atoms with Gasteiger partial charge in [0.1, 0.15) is 5.82 Å². The number of thioether (sulfide) groups is 1. The minimum absolute atomic E-state index is 0.0143. The van der Waals surface area contributed by atoms with Crippen LogP contribution in [0.25, 0.3) is 0 Å². The van der Waals surface area contributed by atoms with Gasteiger partial charge in [0.05, 0.1) is 22.5 Å². The fourth-order valence-electron chi connectivity index (χ4n) is 1.61. The Bertz CT molecular complexity index is 805. The van der Waals surface area contributed by atoms with Crippen LogP contribution in [0.4, 0.5) is 18.9 Å². The van der Waals surface area contributed by atoms with Crippen molar-refractivity contribution in [3.05, 3.63) is 34.2 Å². The number of aliphatic imine (C=N–C) groups is 1. The summed E-state index contributed by atoms with van der Waals surface area (Å²) in [5.41, 5.74) is 2.09. The molecule has 13 heteroatoms. The van der Waals surface area contributed by atoms with E-state index < -0.39 is 24.7 Å². The van der Waals surface area contributed by atoms with Crippen LogP contribution in [0.3, 0.4) is 0 Å². The van der Waals surface area contributed by atoms with Gasteiger partial charge < -0.3 is 5.32 Å². The van der Waals surface area contributed by atoms with Crippen LogP contribution in [-0.2, 0) is 4.79 Å². The zero-order valence-electron chi connectivity index (χ0n) is 12.7. The zero-order chi connectivity index (χ0) is 19.1. The van der Waals surface area contributed by atoms with E-state index in [1.807, 2.05) is 10.8 Å². The first-order valence-electron chi connectivity index (χ1n) is 6.85. The summed E-state index contributed by atoms with van der Waals surface area (Å²) in [6, 6.07) is 3.89. The number of carbonyl (C=O) groups is 1. The lowest BCUT2D eigenvalue weighted by atomic mass is 10.3. The quantitative estimate of drug-likeness (QED) is 0.255. The Kier molecular flexibility index (Phi) is 7.41. The molecular formula is C13H11BrF3N5O3S. The number of amidine groups is 1. The Morgan fingerprint density at radius 2 is 2.19 bits per heavy atom. The second kappa shape index (κ2) is 9.54. The molecule has 1 heterocycles. The predicted octanol–water partition coefficient (Wildman–Crippen LogP) is 2.50. The molecule has 0 radical (unpaired) electrons. The maximum Gasteiger partial charge on any atom is 0.255 e. The van der Waals surface area contributed by atoms with E-state index in [0.717, 1.165) is 11.8 Å². The van der Waals surface area contributed by atoms with Gasteiger partial charge in [0.15, 0.2) is 16.6 Å². The second-order valence-electron chi connectivity index (χ2n) is 4.57. The third-order valence-corrected chi connectivity index (χ3v) is 4.28. The number of halogens is 4. The van der Waals surface area contributed by atoms with E-state index in [-0.39, 0.29) is 32.5 Å². The summed E-state index contributed by atoms with van der Waals surface area (Å²) >= 11 is 3.86. The van der Waals surface area contributed by atoms with Crippen molar-refractivity contribution in [2.75, 3.05) is 12.3 Å². The summed E-state index contributed by atoms with van der Waals surface area (Å²) in [4.78, 5) is 15.5. The van der Waals surface area contributed by atoms with E-state index in [2.05, 4.69) is 35.9 Å². The van der Waals surface area contributed by atoms with Crippen molar-refractivity contribution in [3.63, 3.8) is 0 Å². The predicted molar refractivity (Wildman–Crippen MR) is 89.3 cm³/mol. The molecule has 1 aromatic heterocycles. The number of hydroxylamine groups is 1. The van der Waals surface area contributed by atoms with E-state index in [4.69, 9.17) is 0 Å². The molecule has 0 bridgehead atoms. The van der Waals surface area contributed by atoms with Crippen molar-refractivity contribution in [2.45, 2.75) is 11.5 Å². The molecule has 3 N–H and O–H groups in total. The van der Waals surface area contributed by atoms with Crippen molar-refractivity contribution in [2.24, 2.45) is 4.99 Å². The summed E-state index contributed by atoms with van der Waals surface area (Å²) in [5.74, 6) is -1.52. The molecule has 0 fully saturated rings. The summed E-state index contributed by atoms with van der Waals surface area (Å²) in [6.45, 7) is -0.756. The molecule has 140 valence electrons. The first kappa shape index (κ1) is 20.2. The van der Waals surface area contributed by atoms with Crippen molar-refractivity contribution in [1.29, 1.82) is 0 Å². The van der Waals surface area contributed by atoms with Crippen LogP contribution in [0, 0.1) is 5.82 Å². The molecule has 0 spiro atoms.